The number of benzene rings is 6. The summed E-state index contributed by atoms with van der Waals surface area (Å²) in [7, 11) is 0. The molecule has 39 heavy (non-hydrogen) atoms. The Bertz CT molecular complexity index is 1950. The molecule has 0 amide bonds. The maximum atomic E-state index is 4.68. The Kier molecular flexibility index (Phi) is 4.80. The first-order valence-electron chi connectivity index (χ1n) is 13.5. The van der Waals surface area contributed by atoms with Crippen molar-refractivity contribution < 1.29 is 0 Å². The molecule has 0 N–H and O–H groups in total. The van der Waals surface area contributed by atoms with E-state index < -0.39 is 5.41 Å². The highest BCUT2D eigenvalue weighted by Crippen LogP contribution is 2.57. The van der Waals surface area contributed by atoms with E-state index in [-0.39, 0.29) is 0 Å². The van der Waals surface area contributed by atoms with Gasteiger partial charge in [-0.3, -0.25) is 4.98 Å². The van der Waals surface area contributed by atoms with Gasteiger partial charge in [-0.1, -0.05) is 121 Å². The molecule has 0 unspecified atom stereocenters. The van der Waals surface area contributed by atoms with Gasteiger partial charge in [0.1, 0.15) is 0 Å². The fourth-order valence-corrected chi connectivity index (χ4v) is 6.80. The predicted octanol–water partition coefficient (Wildman–Crippen LogP) is 9.42. The van der Waals surface area contributed by atoms with Crippen LogP contribution in [0.4, 0.5) is 0 Å². The van der Waals surface area contributed by atoms with Crippen LogP contribution in [0.5, 0.6) is 0 Å². The van der Waals surface area contributed by atoms with Gasteiger partial charge >= 0.3 is 0 Å². The van der Waals surface area contributed by atoms with E-state index >= 15 is 0 Å². The predicted molar refractivity (Wildman–Crippen MR) is 162 cm³/mol. The van der Waals surface area contributed by atoms with Crippen molar-refractivity contribution in [2.45, 2.75) is 5.41 Å². The summed E-state index contributed by atoms with van der Waals surface area (Å²) in [5.41, 5.74) is 9.38. The number of pyridine rings is 1. The van der Waals surface area contributed by atoms with Crippen molar-refractivity contribution >= 4 is 21.5 Å². The maximum absolute atomic E-state index is 4.68. The number of hydrogen-bond donors (Lipinski definition) is 0. The van der Waals surface area contributed by atoms with Gasteiger partial charge in [-0.25, -0.2) is 0 Å². The Morgan fingerprint density at radius 1 is 0.487 bits per heavy atom. The van der Waals surface area contributed by atoms with Crippen molar-refractivity contribution in [2.24, 2.45) is 0 Å². The Balaban J connectivity index is 1.63. The Labute approximate surface area is 228 Å². The quantitative estimate of drug-likeness (QED) is 0.222. The van der Waals surface area contributed by atoms with Crippen LogP contribution in [0.2, 0.25) is 0 Å². The zero-order valence-corrected chi connectivity index (χ0v) is 21.4. The minimum atomic E-state index is -0.492. The fraction of sp³-hybridized carbons (Fsp3) is 0.0263. The summed E-state index contributed by atoms with van der Waals surface area (Å²) in [4.78, 5) is 4.68. The summed E-state index contributed by atoms with van der Waals surface area (Å²) >= 11 is 0. The number of aromatic nitrogens is 1. The fourth-order valence-electron chi connectivity index (χ4n) is 6.80. The van der Waals surface area contributed by atoms with Crippen LogP contribution in [0.1, 0.15) is 22.3 Å². The van der Waals surface area contributed by atoms with Crippen molar-refractivity contribution in [3.05, 3.63) is 174 Å². The molecular formula is C38H25N. The van der Waals surface area contributed by atoms with Gasteiger partial charge in [-0.15, -0.1) is 0 Å². The lowest BCUT2D eigenvalue weighted by molar-refractivity contribution is 0.757. The van der Waals surface area contributed by atoms with Crippen molar-refractivity contribution in [3.63, 3.8) is 0 Å². The third kappa shape index (κ3) is 3.11. The first-order valence-corrected chi connectivity index (χ1v) is 13.5. The Morgan fingerprint density at radius 2 is 1.18 bits per heavy atom. The largest absolute Gasteiger partial charge is 0.256 e. The average molecular weight is 496 g/mol. The van der Waals surface area contributed by atoms with Crippen molar-refractivity contribution in [1.82, 2.24) is 4.98 Å². The van der Waals surface area contributed by atoms with Crippen LogP contribution in [0.15, 0.2) is 152 Å². The molecule has 0 aliphatic heterocycles. The average Bonchev–Trinajstić information content (AvgIpc) is 3.02. The molecule has 1 aromatic heterocycles. The number of rotatable bonds is 3. The molecule has 0 atom stereocenters. The molecule has 0 spiro atoms. The molecule has 0 bridgehead atoms. The number of nitrogens with zero attached hydrogens (tertiary/aromatic N) is 1. The highest BCUT2D eigenvalue weighted by molar-refractivity contribution is 6.13. The van der Waals surface area contributed by atoms with E-state index in [2.05, 4.69) is 145 Å². The van der Waals surface area contributed by atoms with Crippen LogP contribution in [-0.4, -0.2) is 4.98 Å². The molecule has 182 valence electrons. The Hall–Kier alpha value is -5.01. The van der Waals surface area contributed by atoms with Crippen LogP contribution in [0.25, 0.3) is 43.9 Å². The normalized spacial score (nSPS) is 13.3. The van der Waals surface area contributed by atoms with Gasteiger partial charge in [0.15, 0.2) is 0 Å². The highest BCUT2D eigenvalue weighted by Gasteiger charge is 2.45. The van der Waals surface area contributed by atoms with E-state index in [0.29, 0.717) is 0 Å². The van der Waals surface area contributed by atoms with E-state index in [0.717, 1.165) is 11.3 Å². The van der Waals surface area contributed by atoms with Gasteiger partial charge in [-0.2, -0.15) is 0 Å². The standard InChI is InChI=1S/C38H25N/c1-3-14-29(15-4-1)38(30-16-5-2-6-17-30)34-22-21-27(35-20-9-10-23-39-35)25-33(34)32-19-11-13-28-24-26-12-7-8-18-31(26)37(38)36(28)32/h1-25H. The van der Waals surface area contributed by atoms with E-state index in [1.807, 2.05) is 12.3 Å². The first kappa shape index (κ1) is 22.0. The molecule has 0 fully saturated rings. The summed E-state index contributed by atoms with van der Waals surface area (Å²) < 4.78 is 0. The second-order valence-electron chi connectivity index (χ2n) is 10.3. The molecule has 8 rings (SSSR count). The highest BCUT2D eigenvalue weighted by atomic mass is 14.7. The summed E-state index contributed by atoms with van der Waals surface area (Å²) in [5, 5.41) is 5.16. The van der Waals surface area contributed by atoms with Crippen molar-refractivity contribution in [3.8, 4) is 22.4 Å². The summed E-state index contributed by atoms with van der Waals surface area (Å²) in [6, 6.07) is 53.2. The molecule has 6 aromatic carbocycles. The van der Waals surface area contributed by atoms with Crippen LogP contribution in [0.3, 0.4) is 0 Å². The second-order valence-corrected chi connectivity index (χ2v) is 10.3. The Morgan fingerprint density at radius 3 is 1.92 bits per heavy atom. The first-order chi connectivity index (χ1) is 19.4. The van der Waals surface area contributed by atoms with Gasteiger partial charge in [0, 0.05) is 11.8 Å². The van der Waals surface area contributed by atoms with Crippen molar-refractivity contribution in [2.75, 3.05) is 0 Å². The number of hydrogen-bond acceptors (Lipinski definition) is 1. The molecule has 0 saturated carbocycles. The SMILES string of the molecule is c1ccc(C2(c3ccccc3)c3ccc(-c4ccccn4)cc3-c3cccc4cc5ccccc5c2c34)cc1. The lowest BCUT2D eigenvalue weighted by atomic mass is 9.58. The van der Waals surface area contributed by atoms with Gasteiger partial charge < -0.3 is 0 Å². The molecule has 1 heterocycles. The third-order valence-corrected chi connectivity index (χ3v) is 8.35. The third-order valence-electron chi connectivity index (χ3n) is 8.35. The summed E-state index contributed by atoms with van der Waals surface area (Å²) in [6.45, 7) is 0. The number of fused-ring (bicyclic) bond motifs is 4. The zero-order chi connectivity index (χ0) is 25.8. The summed E-state index contributed by atoms with van der Waals surface area (Å²) in [6.07, 6.45) is 1.87. The molecule has 1 aliphatic rings. The van der Waals surface area contributed by atoms with Gasteiger partial charge in [0.2, 0.25) is 0 Å². The van der Waals surface area contributed by atoms with E-state index in [9.17, 15) is 0 Å². The maximum Gasteiger partial charge on any atom is 0.0719 e. The minimum absolute atomic E-state index is 0.492. The van der Waals surface area contributed by atoms with Gasteiger partial charge in [0.05, 0.1) is 11.1 Å². The lowest BCUT2D eigenvalue weighted by Gasteiger charge is -2.43. The van der Waals surface area contributed by atoms with E-state index in [1.165, 1.54) is 54.9 Å². The zero-order valence-electron chi connectivity index (χ0n) is 21.4. The van der Waals surface area contributed by atoms with Crippen LogP contribution in [-0.2, 0) is 5.41 Å². The molecule has 7 aromatic rings. The smallest absolute Gasteiger partial charge is 0.0719 e. The van der Waals surface area contributed by atoms with Gasteiger partial charge in [0.25, 0.3) is 0 Å². The van der Waals surface area contributed by atoms with E-state index in [4.69, 9.17) is 0 Å². The molecular weight excluding hydrogens is 470 g/mol. The van der Waals surface area contributed by atoms with Gasteiger partial charge in [-0.05, 0) is 79.2 Å². The van der Waals surface area contributed by atoms with E-state index in [1.54, 1.807) is 0 Å². The lowest BCUT2D eigenvalue weighted by Crippen LogP contribution is -2.34. The molecule has 0 radical (unpaired) electrons. The second kappa shape index (κ2) is 8.51. The topological polar surface area (TPSA) is 12.9 Å². The van der Waals surface area contributed by atoms with Crippen LogP contribution >= 0.6 is 0 Å². The monoisotopic (exact) mass is 495 g/mol. The van der Waals surface area contributed by atoms with Crippen LogP contribution < -0.4 is 0 Å². The minimum Gasteiger partial charge on any atom is -0.256 e. The summed E-state index contributed by atoms with van der Waals surface area (Å²) in [5.74, 6) is 0. The molecule has 1 heteroatoms. The molecule has 1 aliphatic carbocycles. The van der Waals surface area contributed by atoms with Crippen LogP contribution in [0, 0.1) is 0 Å². The molecule has 0 saturated heterocycles. The van der Waals surface area contributed by atoms with Crippen molar-refractivity contribution in [1.29, 1.82) is 0 Å². The molecule has 1 nitrogen and oxygen atoms in total.